The summed E-state index contributed by atoms with van der Waals surface area (Å²) in [4.78, 5) is 14.2. The van der Waals surface area contributed by atoms with Crippen molar-refractivity contribution < 1.29 is 9.90 Å². The Kier molecular flexibility index (Phi) is 4.45. The molecule has 0 radical (unpaired) electrons. The number of hydrogen-bond acceptors (Lipinski definition) is 3. The van der Waals surface area contributed by atoms with Gasteiger partial charge in [-0.3, -0.25) is 4.79 Å². The highest BCUT2D eigenvalue weighted by atomic mass is 127. The third-order valence-corrected chi connectivity index (χ3v) is 3.79. The molecule has 0 spiro atoms. The third-order valence-electron chi connectivity index (χ3n) is 3.12. The van der Waals surface area contributed by atoms with Crippen molar-refractivity contribution in [1.29, 1.82) is 0 Å². The number of hydrogen-bond donors (Lipinski definition) is 2. The molecule has 98 valence electrons. The van der Waals surface area contributed by atoms with E-state index in [2.05, 4.69) is 39.9 Å². The fraction of sp³-hybridized carbons (Fsp3) is 0.462. The molecular formula is C13H17IN2O2. The predicted molar refractivity (Wildman–Crippen MR) is 78.8 cm³/mol. The molecule has 4 nitrogen and oxygen atoms in total. The zero-order valence-electron chi connectivity index (χ0n) is 10.3. The second-order valence-electron chi connectivity index (χ2n) is 4.63. The Balaban J connectivity index is 1.85. The van der Waals surface area contributed by atoms with Crippen LogP contribution in [-0.4, -0.2) is 42.1 Å². The summed E-state index contributed by atoms with van der Waals surface area (Å²) in [5.74, 6) is -0.182. The molecule has 2 N–H and O–H groups in total. The van der Waals surface area contributed by atoms with Crippen molar-refractivity contribution in [3.8, 4) is 5.75 Å². The maximum atomic E-state index is 11.9. The van der Waals surface area contributed by atoms with Gasteiger partial charge in [-0.25, -0.2) is 0 Å². The van der Waals surface area contributed by atoms with E-state index in [1.54, 1.807) is 18.2 Å². The van der Waals surface area contributed by atoms with Gasteiger partial charge in [-0.05, 0) is 60.7 Å². The molecule has 2 rings (SSSR count). The molecule has 5 heteroatoms. The normalized spacial score (nSPS) is 14.8. The van der Waals surface area contributed by atoms with Gasteiger partial charge in [0, 0.05) is 22.7 Å². The Labute approximate surface area is 121 Å². The summed E-state index contributed by atoms with van der Waals surface area (Å²) < 4.78 is 0.936. The number of halogens is 1. The molecule has 1 amide bonds. The van der Waals surface area contributed by atoms with Crippen LogP contribution in [0.25, 0.3) is 0 Å². The average molecular weight is 360 g/mol. The summed E-state index contributed by atoms with van der Waals surface area (Å²) >= 11 is 2.12. The van der Waals surface area contributed by atoms with Crippen LogP contribution < -0.4 is 5.32 Å². The zero-order valence-corrected chi connectivity index (χ0v) is 12.5. The van der Waals surface area contributed by atoms with Gasteiger partial charge in [0.2, 0.25) is 0 Å². The highest BCUT2D eigenvalue weighted by Crippen LogP contribution is 2.24. The lowest BCUT2D eigenvalue weighted by Crippen LogP contribution is -2.34. The Hall–Kier alpha value is -0.820. The van der Waals surface area contributed by atoms with E-state index in [9.17, 15) is 9.90 Å². The Morgan fingerprint density at radius 3 is 2.94 bits per heavy atom. The van der Waals surface area contributed by atoms with Gasteiger partial charge in [0.15, 0.2) is 0 Å². The topological polar surface area (TPSA) is 52.6 Å². The predicted octanol–water partition coefficient (Wildman–Crippen LogP) is 1.82. The monoisotopic (exact) mass is 360 g/mol. The van der Waals surface area contributed by atoms with Crippen LogP contribution in [0.2, 0.25) is 0 Å². The van der Waals surface area contributed by atoms with Crippen LogP contribution in [0, 0.1) is 3.57 Å². The van der Waals surface area contributed by atoms with Crippen molar-refractivity contribution in [1.82, 2.24) is 10.2 Å². The number of nitrogens with zero attached hydrogens (tertiary/aromatic N) is 1. The number of rotatable bonds is 5. The molecule has 1 aromatic carbocycles. The third kappa shape index (κ3) is 3.58. The number of nitrogens with one attached hydrogen (secondary N) is 1. The maximum absolute atomic E-state index is 11.9. The van der Waals surface area contributed by atoms with E-state index in [0.29, 0.717) is 18.2 Å². The summed E-state index contributed by atoms with van der Waals surface area (Å²) in [6, 6.07) is 5.71. The van der Waals surface area contributed by atoms with E-state index >= 15 is 0 Å². The van der Waals surface area contributed by atoms with Crippen LogP contribution in [0.1, 0.15) is 23.2 Å². The van der Waals surface area contributed by atoms with Gasteiger partial charge in [-0.15, -0.1) is 0 Å². The molecule has 1 fully saturated rings. The number of carbonyl (C=O) groups excluding carboxylic acids is 1. The van der Waals surface area contributed by atoms with Crippen molar-refractivity contribution in [2.75, 3.05) is 20.1 Å². The van der Waals surface area contributed by atoms with Gasteiger partial charge < -0.3 is 15.3 Å². The standard InChI is InChI=1S/C13H17IN2O2/c1-16(10-3-4-10)7-6-15-13(18)11-8-9(14)2-5-12(11)17/h2,5,8,10,17H,3-4,6-7H2,1H3,(H,15,18). The van der Waals surface area contributed by atoms with Crippen molar-refractivity contribution in [2.45, 2.75) is 18.9 Å². The molecular weight excluding hydrogens is 343 g/mol. The molecule has 18 heavy (non-hydrogen) atoms. The minimum Gasteiger partial charge on any atom is -0.507 e. The van der Waals surface area contributed by atoms with E-state index < -0.39 is 0 Å². The Morgan fingerprint density at radius 1 is 1.56 bits per heavy atom. The van der Waals surface area contributed by atoms with Crippen molar-refractivity contribution >= 4 is 28.5 Å². The number of phenols is 1. The summed E-state index contributed by atoms with van der Waals surface area (Å²) in [7, 11) is 2.08. The molecule has 0 heterocycles. The van der Waals surface area contributed by atoms with Crippen molar-refractivity contribution in [3.63, 3.8) is 0 Å². The van der Waals surface area contributed by atoms with E-state index in [0.717, 1.165) is 10.1 Å². The van der Waals surface area contributed by atoms with Crippen LogP contribution in [0.4, 0.5) is 0 Å². The van der Waals surface area contributed by atoms with E-state index in [4.69, 9.17) is 0 Å². The van der Waals surface area contributed by atoms with Gasteiger partial charge in [0.1, 0.15) is 5.75 Å². The number of aromatic hydroxyl groups is 1. The number of benzene rings is 1. The highest BCUT2D eigenvalue weighted by Gasteiger charge is 2.25. The van der Waals surface area contributed by atoms with Crippen LogP contribution in [0.5, 0.6) is 5.75 Å². The quantitative estimate of drug-likeness (QED) is 0.788. The van der Waals surface area contributed by atoms with Crippen molar-refractivity contribution in [2.24, 2.45) is 0 Å². The molecule has 0 aromatic heterocycles. The molecule has 1 saturated carbocycles. The molecule has 0 unspecified atom stereocenters. The summed E-state index contributed by atoms with van der Waals surface area (Å²) in [5, 5.41) is 12.5. The minimum absolute atomic E-state index is 0.0310. The first-order chi connectivity index (χ1) is 8.58. The number of phenolic OH excluding ortho intramolecular Hbond substituents is 1. The molecule has 0 atom stereocenters. The lowest BCUT2D eigenvalue weighted by atomic mass is 10.2. The lowest BCUT2D eigenvalue weighted by molar-refractivity contribution is 0.0946. The van der Waals surface area contributed by atoms with E-state index in [1.807, 2.05) is 0 Å². The van der Waals surface area contributed by atoms with Crippen molar-refractivity contribution in [3.05, 3.63) is 27.3 Å². The van der Waals surface area contributed by atoms with Crippen LogP contribution in [-0.2, 0) is 0 Å². The van der Waals surface area contributed by atoms with E-state index in [-0.39, 0.29) is 11.7 Å². The Morgan fingerprint density at radius 2 is 2.28 bits per heavy atom. The van der Waals surface area contributed by atoms with Gasteiger partial charge in [0.05, 0.1) is 5.56 Å². The first kappa shape index (κ1) is 13.6. The molecule has 0 aliphatic heterocycles. The smallest absolute Gasteiger partial charge is 0.255 e. The van der Waals surface area contributed by atoms with Gasteiger partial charge in [-0.1, -0.05) is 0 Å². The fourth-order valence-electron chi connectivity index (χ4n) is 1.83. The number of carbonyl (C=O) groups is 1. The van der Waals surface area contributed by atoms with E-state index in [1.165, 1.54) is 12.8 Å². The maximum Gasteiger partial charge on any atom is 0.255 e. The van der Waals surface area contributed by atoms with Crippen LogP contribution in [0.15, 0.2) is 18.2 Å². The van der Waals surface area contributed by atoms with Gasteiger partial charge >= 0.3 is 0 Å². The Bertz CT molecular complexity index is 447. The SMILES string of the molecule is CN(CCNC(=O)c1cc(I)ccc1O)C1CC1. The zero-order chi connectivity index (χ0) is 13.1. The molecule has 1 aromatic rings. The molecule has 1 aliphatic rings. The molecule has 0 bridgehead atoms. The number of likely N-dealkylation sites (N-methyl/N-ethyl adjacent to an activating group) is 1. The first-order valence-electron chi connectivity index (χ1n) is 6.05. The second kappa shape index (κ2) is 5.88. The summed E-state index contributed by atoms with van der Waals surface area (Å²) in [6.07, 6.45) is 2.53. The summed E-state index contributed by atoms with van der Waals surface area (Å²) in [5.41, 5.74) is 0.343. The average Bonchev–Trinajstić information content (AvgIpc) is 3.16. The number of amides is 1. The lowest BCUT2D eigenvalue weighted by Gasteiger charge is -2.15. The van der Waals surface area contributed by atoms with Crippen LogP contribution >= 0.6 is 22.6 Å². The van der Waals surface area contributed by atoms with Gasteiger partial charge in [0.25, 0.3) is 5.91 Å². The molecule has 0 saturated heterocycles. The summed E-state index contributed by atoms with van der Waals surface area (Å²) in [6.45, 7) is 1.46. The second-order valence-corrected chi connectivity index (χ2v) is 5.87. The highest BCUT2D eigenvalue weighted by molar-refractivity contribution is 14.1. The largest absolute Gasteiger partial charge is 0.507 e. The fourth-order valence-corrected chi connectivity index (χ4v) is 2.32. The van der Waals surface area contributed by atoms with Gasteiger partial charge in [-0.2, -0.15) is 0 Å². The van der Waals surface area contributed by atoms with Crippen LogP contribution in [0.3, 0.4) is 0 Å². The molecule has 1 aliphatic carbocycles. The minimum atomic E-state index is -0.213. The first-order valence-corrected chi connectivity index (χ1v) is 7.13.